The van der Waals surface area contributed by atoms with Crippen LogP contribution in [0.5, 0.6) is 0 Å². The Kier molecular flexibility index (Phi) is 4.40. The van der Waals surface area contributed by atoms with Gasteiger partial charge in [0.15, 0.2) is 0 Å². The summed E-state index contributed by atoms with van der Waals surface area (Å²) in [5.41, 5.74) is 1.93. The number of carbonyl (C=O) groups excluding carboxylic acids is 1. The maximum absolute atomic E-state index is 12.9. The topological polar surface area (TPSA) is 49.3 Å². The van der Waals surface area contributed by atoms with Crippen LogP contribution < -0.4 is 0 Å². The number of fused-ring (bicyclic) bond motifs is 4. The highest BCUT2D eigenvalue weighted by Gasteiger charge is 2.45. The van der Waals surface area contributed by atoms with Crippen LogP contribution in [0.25, 0.3) is 0 Å². The number of likely N-dealkylation sites (tertiary alicyclic amines) is 1. The van der Waals surface area contributed by atoms with E-state index in [0.717, 1.165) is 19.6 Å². The van der Waals surface area contributed by atoms with Gasteiger partial charge in [0, 0.05) is 44.1 Å². The minimum Gasteiger partial charge on any atom is -0.337 e. The van der Waals surface area contributed by atoms with Crippen LogP contribution in [0.2, 0.25) is 0 Å². The summed E-state index contributed by atoms with van der Waals surface area (Å²) in [6, 6.07) is 12.1. The summed E-state index contributed by atoms with van der Waals surface area (Å²) < 4.78 is 0. The van der Waals surface area contributed by atoms with Crippen molar-refractivity contribution in [2.45, 2.75) is 37.8 Å². The van der Waals surface area contributed by atoms with Crippen molar-refractivity contribution in [2.75, 3.05) is 19.6 Å². The summed E-state index contributed by atoms with van der Waals surface area (Å²) in [6.45, 7) is 2.80. The highest BCUT2D eigenvalue weighted by Crippen LogP contribution is 2.44. The lowest BCUT2D eigenvalue weighted by Gasteiger charge is -2.55. The molecule has 3 saturated heterocycles. The van der Waals surface area contributed by atoms with Crippen molar-refractivity contribution >= 4 is 5.91 Å². The number of rotatable bonds is 2. The predicted octanol–water partition coefficient (Wildman–Crippen LogP) is 3.16. The number of nitrogens with zero attached hydrogens (tertiary/aromatic N) is 4. The first-order valence-corrected chi connectivity index (χ1v) is 10.2. The number of piperidine rings is 3. The molecule has 140 valence electrons. The molecule has 3 aliphatic heterocycles. The Morgan fingerprint density at radius 3 is 2.74 bits per heavy atom. The molecule has 1 aromatic carbocycles. The molecule has 3 fully saturated rings. The van der Waals surface area contributed by atoms with E-state index < -0.39 is 0 Å². The number of benzene rings is 1. The van der Waals surface area contributed by atoms with Crippen molar-refractivity contribution in [2.24, 2.45) is 11.8 Å². The molecule has 1 aromatic heterocycles. The second-order valence-corrected chi connectivity index (χ2v) is 8.28. The monoisotopic (exact) mass is 362 g/mol. The fraction of sp³-hybridized carbons (Fsp3) is 0.500. The van der Waals surface area contributed by atoms with Crippen LogP contribution in [-0.2, 0) is 0 Å². The average Bonchev–Trinajstić information content (AvgIpc) is 2.74. The predicted molar refractivity (Wildman–Crippen MR) is 103 cm³/mol. The van der Waals surface area contributed by atoms with Gasteiger partial charge in [0.2, 0.25) is 0 Å². The van der Waals surface area contributed by atoms with Gasteiger partial charge in [-0.25, -0.2) is 4.98 Å². The number of hydrogen-bond acceptors (Lipinski definition) is 4. The SMILES string of the molecule is O=C(c1cnccn1)N1C[C@@H]2C[C@H](C1)[C@@H]1CCC[C@H](c3ccccc3)N1C2. The molecule has 2 bridgehead atoms. The first kappa shape index (κ1) is 16.9. The van der Waals surface area contributed by atoms with Crippen molar-refractivity contribution < 1.29 is 4.79 Å². The zero-order chi connectivity index (χ0) is 18.2. The molecule has 4 atom stereocenters. The smallest absolute Gasteiger partial charge is 0.274 e. The number of hydrogen-bond donors (Lipinski definition) is 0. The van der Waals surface area contributed by atoms with Crippen LogP contribution in [0, 0.1) is 11.8 Å². The average molecular weight is 362 g/mol. The fourth-order valence-electron chi connectivity index (χ4n) is 5.58. The first-order chi connectivity index (χ1) is 13.3. The van der Waals surface area contributed by atoms with E-state index in [9.17, 15) is 4.79 Å². The molecule has 0 saturated carbocycles. The summed E-state index contributed by atoms with van der Waals surface area (Å²) in [4.78, 5) is 26.0. The molecule has 4 heterocycles. The molecule has 0 unspecified atom stereocenters. The molecule has 5 heteroatoms. The van der Waals surface area contributed by atoms with E-state index in [1.54, 1.807) is 18.6 Å². The van der Waals surface area contributed by atoms with Gasteiger partial charge in [0.05, 0.1) is 6.20 Å². The van der Waals surface area contributed by atoms with E-state index in [1.807, 2.05) is 4.90 Å². The van der Waals surface area contributed by atoms with E-state index in [4.69, 9.17) is 0 Å². The maximum Gasteiger partial charge on any atom is 0.274 e. The molecule has 0 spiro atoms. The van der Waals surface area contributed by atoms with Gasteiger partial charge >= 0.3 is 0 Å². The van der Waals surface area contributed by atoms with Crippen molar-refractivity contribution in [3.63, 3.8) is 0 Å². The summed E-state index contributed by atoms with van der Waals surface area (Å²) in [5, 5.41) is 0. The molecule has 1 amide bonds. The molecule has 5 rings (SSSR count). The van der Waals surface area contributed by atoms with Crippen LogP contribution in [0.3, 0.4) is 0 Å². The van der Waals surface area contributed by atoms with Crippen LogP contribution in [0.15, 0.2) is 48.9 Å². The number of aromatic nitrogens is 2. The van der Waals surface area contributed by atoms with Gasteiger partial charge in [-0.05, 0) is 43.1 Å². The molecule has 0 radical (unpaired) electrons. The summed E-state index contributed by atoms with van der Waals surface area (Å²) in [6.07, 6.45) is 9.85. The van der Waals surface area contributed by atoms with E-state index in [1.165, 1.54) is 31.2 Å². The van der Waals surface area contributed by atoms with Crippen molar-refractivity contribution in [3.8, 4) is 0 Å². The summed E-state index contributed by atoms with van der Waals surface area (Å²) in [5.74, 6) is 1.18. The van der Waals surface area contributed by atoms with Crippen molar-refractivity contribution in [3.05, 3.63) is 60.2 Å². The standard InChI is InChI=1S/C22H26N4O/c27-22(19-12-23-9-10-24-19)25-13-16-11-18(15-25)21-8-4-7-20(26(21)14-16)17-5-2-1-3-6-17/h1-3,5-6,9-10,12,16,18,20-21H,4,7-8,11,13-15H2/t16-,18+,20+,21-/m0/s1. The molecule has 27 heavy (non-hydrogen) atoms. The summed E-state index contributed by atoms with van der Waals surface area (Å²) in [7, 11) is 0. The van der Waals surface area contributed by atoms with Gasteiger partial charge in [0.1, 0.15) is 5.69 Å². The van der Waals surface area contributed by atoms with Gasteiger partial charge in [-0.1, -0.05) is 30.3 Å². The Morgan fingerprint density at radius 2 is 1.93 bits per heavy atom. The van der Waals surface area contributed by atoms with E-state index in [-0.39, 0.29) is 5.91 Å². The first-order valence-electron chi connectivity index (χ1n) is 10.2. The molecular weight excluding hydrogens is 336 g/mol. The molecule has 2 aromatic rings. The third-order valence-electron chi connectivity index (χ3n) is 6.64. The third-order valence-corrected chi connectivity index (χ3v) is 6.64. The quantitative estimate of drug-likeness (QED) is 0.823. The Hall–Kier alpha value is -2.27. The molecule has 3 aliphatic rings. The van der Waals surface area contributed by atoms with Gasteiger partial charge in [-0.2, -0.15) is 0 Å². The second kappa shape index (κ2) is 7.04. The van der Waals surface area contributed by atoms with E-state index >= 15 is 0 Å². The largest absolute Gasteiger partial charge is 0.337 e. The van der Waals surface area contributed by atoms with Crippen LogP contribution in [-0.4, -0.2) is 51.4 Å². The van der Waals surface area contributed by atoms with E-state index in [2.05, 4.69) is 45.2 Å². The Labute approximate surface area is 160 Å². The fourth-order valence-corrected chi connectivity index (χ4v) is 5.58. The molecular formula is C22H26N4O. The minimum absolute atomic E-state index is 0.0432. The van der Waals surface area contributed by atoms with E-state index in [0.29, 0.717) is 29.6 Å². The zero-order valence-corrected chi connectivity index (χ0v) is 15.6. The molecule has 5 nitrogen and oxygen atoms in total. The highest BCUT2D eigenvalue weighted by molar-refractivity contribution is 5.92. The van der Waals surface area contributed by atoms with Crippen LogP contribution >= 0.6 is 0 Å². The van der Waals surface area contributed by atoms with Gasteiger partial charge < -0.3 is 4.90 Å². The maximum atomic E-state index is 12.9. The van der Waals surface area contributed by atoms with Crippen molar-refractivity contribution in [1.29, 1.82) is 0 Å². The normalized spacial score (nSPS) is 30.6. The zero-order valence-electron chi connectivity index (χ0n) is 15.6. The molecule has 0 aliphatic carbocycles. The number of amides is 1. The lowest BCUT2D eigenvalue weighted by molar-refractivity contribution is -0.0512. The molecule has 0 N–H and O–H groups in total. The third kappa shape index (κ3) is 3.14. The van der Waals surface area contributed by atoms with Gasteiger partial charge in [-0.3, -0.25) is 14.7 Å². The van der Waals surface area contributed by atoms with Crippen LogP contribution in [0.1, 0.15) is 47.8 Å². The van der Waals surface area contributed by atoms with Crippen molar-refractivity contribution in [1.82, 2.24) is 19.8 Å². The lowest BCUT2D eigenvalue weighted by atomic mass is 9.74. The number of carbonyl (C=O) groups is 1. The highest BCUT2D eigenvalue weighted by atomic mass is 16.2. The van der Waals surface area contributed by atoms with Gasteiger partial charge in [-0.15, -0.1) is 0 Å². The Balaban J connectivity index is 1.36. The summed E-state index contributed by atoms with van der Waals surface area (Å²) >= 11 is 0. The van der Waals surface area contributed by atoms with Gasteiger partial charge in [0.25, 0.3) is 5.91 Å². The Morgan fingerprint density at radius 1 is 1.04 bits per heavy atom. The second-order valence-electron chi connectivity index (χ2n) is 8.28. The van der Waals surface area contributed by atoms with Crippen LogP contribution in [0.4, 0.5) is 0 Å². The minimum atomic E-state index is 0.0432. The Bertz CT molecular complexity index is 796. The lowest BCUT2D eigenvalue weighted by Crippen LogP contribution is -2.60.